The Labute approximate surface area is 193 Å². The summed E-state index contributed by atoms with van der Waals surface area (Å²) >= 11 is 1.14. The predicted molar refractivity (Wildman–Crippen MR) is 133 cm³/mol. The zero-order chi connectivity index (χ0) is 22.5. The molecule has 0 aliphatic heterocycles. The molecule has 0 bridgehead atoms. The van der Waals surface area contributed by atoms with Crippen LogP contribution in [0.5, 0.6) is 0 Å². The summed E-state index contributed by atoms with van der Waals surface area (Å²) in [6.45, 7) is 0. The molecule has 164 valence electrons. The highest BCUT2D eigenvalue weighted by atomic mass is 32.2. The maximum atomic E-state index is 13.4. The van der Waals surface area contributed by atoms with E-state index >= 15 is 0 Å². The number of hydrogen-bond acceptors (Lipinski definition) is 5. The normalized spacial score (nSPS) is 14.8. The van der Waals surface area contributed by atoms with E-state index in [9.17, 15) is 4.79 Å². The SMILES string of the molecule is N=C(c1cccc(SN)c1)c1cc(NC(=O)C(c2ccccc2)C2CCCC2)ccc1N. The first-order valence-corrected chi connectivity index (χ1v) is 11.8. The van der Waals surface area contributed by atoms with Crippen molar-refractivity contribution in [2.24, 2.45) is 11.1 Å². The van der Waals surface area contributed by atoms with Gasteiger partial charge in [0.1, 0.15) is 0 Å². The molecule has 1 unspecified atom stereocenters. The molecular weight excluding hydrogens is 416 g/mol. The van der Waals surface area contributed by atoms with Crippen LogP contribution < -0.4 is 16.2 Å². The van der Waals surface area contributed by atoms with Crippen LogP contribution in [0, 0.1) is 11.3 Å². The van der Waals surface area contributed by atoms with Crippen LogP contribution in [0.4, 0.5) is 11.4 Å². The summed E-state index contributed by atoms with van der Waals surface area (Å²) in [7, 11) is 0. The molecule has 32 heavy (non-hydrogen) atoms. The molecule has 6 N–H and O–H groups in total. The van der Waals surface area contributed by atoms with Crippen LogP contribution in [0.3, 0.4) is 0 Å². The summed E-state index contributed by atoms with van der Waals surface area (Å²) in [5, 5.41) is 17.4. The molecule has 1 aliphatic carbocycles. The van der Waals surface area contributed by atoms with Gasteiger partial charge >= 0.3 is 0 Å². The number of nitrogens with two attached hydrogens (primary N) is 2. The summed E-state index contributed by atoms with van der Waals surface area (Å²) in [6, 6.07) is 22.8. The minimum absolute atomic E-state index is 0.00752. The number of anilines is 2. The lowest BCUT2D eigenvalue weighted by atomic mass is 9.84. The smallest absolute Gasteiger partial charge is 0.232 e. The van der Waals surface area contributed by atoms with Crippen molar-refractivity contribution in [2.45, 2.75) is 36.5 Å². The number of hydrogen-bond donors (Lipinski definition) is 4. The van der Waals surface area contributed by atoms with Gasteiger partial charge in [0, 0.05) is 27.4 Å². The highest BCUT2D eigenvalue weighted by molar-refractivity contribution is 7.97. The average Bonchev–Trinajstić information content (AvgIpc) is 3.35. The van der Waals surface area contributed by atoms with E-state index in [0.29, 0.717) is 28.6 Å². The molecule has 3 aromatic carbocycles. The Bertz CT molecular complexity index is 1110. The van der Waals surface area contributed by atoms with Crippen molar-refractivity contribution in [1.82, 2.24) is 0 Å². The summed E-state index contributed by atoms with van der Waals surface area (Å²) in [5.74, 6) is 0.157. The van der Waals surface area contributed by atoms with Gasteiger partial charge in [0.05, 0.1) is 11.6 Å². The zero-order valence-corrected chi connectivity index (χ0v) is 18.7. The van der Waals surface area contributed by atoms with Gasteiger partial charge in [-0.15, -0.1) is 0 Å². The molecule has 6 heteroatoms. The van der Waals surface area contributed by atoms with E-state index in [4.69, 9.17) is 16.3 Å². The van der Waals surface area contributed by atoms with Crippen LogP contribution >= 0.6 is 11.9 Å². The third-order valence-electron chi connectivity index (χ3n) is 6.16. The monoisotopic (exact) mass is 444 g/mol. The van der Waals surface area contributed by atoms with Gasteiger partial charge in [-0.2, -0.15) is 0 Å². The largest absolute Gasteiger partial charge is 0.398 e. The molecule has 0 heterocycles. The van der Waals surface area contributed by atoms with Gasteiger partial charge in [-0.1, -0.05) is 55.3 Å². The summed E-state index contributed by atoms with van der Waals surface area (Å²) in [4.78, 5) is 14.3. The Morgan fingerprint density at radius 3 is 2.47 bits per heavy atom. The fourth-order valence-corrected chi connectivity index (χ4v) is 4.89. The number of benzene rings is 3. The molecule has 0 saturated heterocycles. The van der Waals surface area contributed by atoms with Crippen molar-refractivity contribution in [1.29, 1.82) is 5.41 Å². The summed E-state index contributed by atoms with van der Waals surface area (Å²) in [6.07, 6.45) is 4.48. The zero-order valence-electron chi connectivity index (χ0n) is 17.9. The van der Waals surface area contributed by atoms with Crippen LogP contribution in [-0.2, 0) is 4.79 Å². The third-order valence-corrected chi connectivity index (χ3v) is 6.69. The predicted octanol–water partition coefficient (Wildman–Crippen LogP) is 5.56. The third kappa shape index (κ3) is 4.87. The lowest BCUT2D eigenvalue weighted by Gasteiger charge is -2.23. The Morgan fingerprint density at radius 2 is 1.75 bits per heavy atom. The molecule has 1 atom stereocenters. The van der Waals surface area contributed by atoms with Gasteiger partial charge in [-0.05, 0) is 66.6 Å². The first-order valence-electron chi connectivity index (χ1n) is 10.9. The van der Waals surface area contributed by atoms with E-state index in [1.165, 1.54) is 12.8 Å². The minimum Gasteiger partial charge on any atom is -0.398 e. The van der Waals surface area contributed by atoms with Crippen molar-refractivity contribution in [3.63, 3.8) is 0 Å². The number of nitrogens with one attached hydrogen (secondary N) is 2. The second kappa shape index (κ2) is 10.0. The van der Waals surface area contributed by atoms with Crippen LogP contribution in [-0.4, -0.2) is 11.6 Å². The standard InChI is InChI=1S/C26H28N4OS/c27-23-14-13-20(16-22(23)25(28)19-11-6-12-21(15-19)32-29)30-26(31)24(18-9-4-5-10-18)17-7-2-1-3-8-17/h1-3,6-8,11-16,18,24,28H,4-5,9-10,27,29H2,(H,30,31). The quantitative estimate of drug-likeness (QED) is 0.217. The van der Waals surface area contributed by atoms with Crippen molar-refractivity contribution >= 4 is 34.9 Å². The summed E-state index contributed by atoms with van der Waals surface area (Å²) in [5.41, 5.74) is 9.99. The van der Waals surface area contributed by atoms with Gasteiger partial charge in [-0.3, -0.25) is 15.3 Å². The number of carbonyl (C=O) groups excluding carboxylic acids is 1. The van der Waals surface area contributed by atoms with E-state index in [-0.39, 0.29) is 11.8 Å². The molecule has 5 nitrogen and oxygen atoms in total. The molecule has 0 spiro atoms. The van der Waals surface area contributed by atoms with Gasteiger partial charge in [0.2, 0.25) is 5.91 Å². The molecule has 1 aliphatic rings. The molecule has 0 radical (unpaired) electrons. The average molecular weight is 445 g/mol. The van der Waals surface area contributed by atoms with Crippen molar-refractivity contribution in [3.05, 3.63) is 89.5 Å². The van der Waals surface area contributed by atoms with E-state index in [1.54, 1.807) is 18.2 Å². The van der Waals surface area contributed by atoms with Crippen molar-refractivity contribution < 1.29 is 4.79 Å². The van der Waals surface area contributed by atoms with E-state index in [1.807, 2.05) is 54.6 Å². The molecule has 1 fully saturated rings. The summed E-state index contributed by atoms with van der Waals surface area (Å²) < 4.78 is 0. The molecule has 1 amide bonds. The van der Waals surface area contributed by atoms with Crippen molar-refractivity contribution in [2.75, 3.05) is 11.1 Å². The van der Waals surface area contributed by atoms with Crippen LogP contribution in [0.1, 0.15) is 48.3 Å². The Morgan fingerprint density at radius 1 is 1.00 bits per heavy atom. The molecule has 0 aromatic heterocycles. The topological polar surface area (TPSA) is 105 Å². The van der Waals surface area contributed by atoms with Crippen molar-refractivity contribution in [3.8, 4) is 0 Å². The van der Waals surface area contributed by atoms with Crippen LogP contribution in [0.25, 0.3) is 0 Å². The first-order chi connectivity index (χ1) is 15.6. The Hall–Kier alpha value is -3.09. The maximum Gasteiger partial charge on any atom is 0.232 e. The lowest BCUT2D eigenvalue weighted by molar-refractivity contribution is -0.118. The molecule has 1 saturated carbocycles. The van der Waals surface area contributed by atoms with E-state index in [2.05, 4.69) is 5.32 Å². The number of nitrogen functional groups attached to an aromatic ring is 1. The highest BCUT2D eigenvalue weighted by Crippen LogP contribution is 2.38. The second-order valence-corrected chi connectivity index (χ2v) is 8.95. The Balaban J connectivity index is 1.60. The number of carbonyl (C=O) groups is 1. The minimum atomic E-state index is -0.183. The van der Waals surface area contributed by atoms with Crippen LogP contribution in [0.2, 0.25) is 0 Å². The fraction of sp³-hybridized carbons (Fsp3) is 0.231. The van der Waals surface area contributed by atoms with Gasteiger partial charge in [0.25, 0.3) is 0 Å². The van der Waals surface area contributed by atoms with E-state index in [0.717, 1.165) is 40.8 Å². The fourth-order valence-electron chi connectivity index (χ4n) is 4.54. The lowest BCUT2D eigenvalue weighted by Crippen LogP contribution is -2.26. The van der Waals surface area contributed by atoms with Gasteiger partial charge in [0.15, 0.2) is 0 Å². The maximum absolute atomic E-state index is 13.4. The highest BCUT2D eigenvalue weighted by Gasteiger charge is 2.32. The number of amides is 1. The molecule has 4 rings (SSSR count). The first kappa shape index (κ1) is 22.1. The van der Waals surface area contributed by atoms with E-state index < -0.39 is 0 Å². The molecular formula is C26H28N4OS. The van der Waals surface area contributed by atoms with Gasteiger partial charge in [-0.25, -0.2) is 0 Å². The van der Waals surface area contributed by atoms with Crippen LogP contribution in [0.15, 0.2) is 77.7 Å². The molecule has 3 aromatic rings. The second-order valence-electron chi connectivity index (χ2n) is 8.24. The van der Waals surface area contributed by atoms with Gasteiger partial charge < -0.3 is 11.1 Å². The number of rotatable bonds is 7. The Kier molecular flexibility index (Phi) is 6.93.